The second-order valence-corrected chi connectivity index (χ2v) is 5.35. The van der Waals surface area contributed by atoms with Gasteiger partial charge in [-0.2, -0.15) is 0 Å². The molecule has 0 spiro atoms. The van der Waals surface area contributed by atoms with E-state index in [0.29, 0.717) is 0 Å². The minimum atomic E-state index is 0.150. The average Bonchev–Trinajstić information content (AvgIpc) is 2.47. The summed E-state index contributed by atoms with van der Waals surface area (Å²) in [4.78, 5) is 8.68. The van der Waals surface area contributed by atoms with Crippen molar-refractivity contribution in [2.24, 2.45) is 0 Å². The molecule has 1 unspecified atom stereocenters. The Morgan fingerprint density at radius 3 is 2.52 bits per heavy atom. The number of aryl methyl sites for hydroxylation is 2. The topological polar surface area (TPSA) is 37.8 Å². The Balaban J connectivity index is 2.18. The van der Waals surface area contributed by atoms with Gasteiger partial charge in [-0.3, -0.25) is 9.97 Å². The summed E-state index contributed by atoms with van der Waals surface area (Å²) in [6, 6.07) is 12.9. The summed E-state index contributed by atoms with van der Waals surface area (Å²) in [6.07, 6.45) is 3.76. The highest BCUT2D eigenvalue weighted by molar-refractivity contribution is 5.85. The highest BCUT2D eigenvalue weighted by atomic mass is 14.9. The van der Waals surface area contributed by atoms with Gasteiger partial charge in [0.2, 0.25) is 0 Å². The van der Waals surface area contributed by atoms with E-state index in [4.69, 9.17) is 0 Å². The molecule has 3 rings (SSSR count). The van der Waals surface area contributed by atoms with Crippen LogP contribution in [-0.2, 0) is 0 Å². The summed E-state index contributed by atoms with van der Waals surface area (Å²) in [5, 5.41) is 5.83. The van der Waals surface area contributed by atoms with Crippen LogP contribution in [0.5, 0.6) is 0 Å². The maximum Gasteiger partial charge on any atom is 0.0581 e. The molecule has 2 heterocycles. The van der Waals surface area contributed by atoms with Gasteiger partial charge in [0.05, 0.1) is 6.04 Å². The van der Waals surface area contributed by atoms with Gasteiger partial charge in [-0.1, -0.05) is 18.2 Å². The van der Waals surface area contributed by atoms with Crippen molar-refractivity contribution in [3.05, 3.63) is 71.3 Å². The van der Waals surface area contributed by atoms with Crippen LogP contribution in [0, 0.1) is 13.8 Å². The number of nitrogens with zero attached hydrogens (tertiary/aromatic N) is 2. The first-order valence-electron chi connectivity index (χ1n) is 7.14. The third-order valence-corrected chi connectivity index (χ3v) is 3.75. The van der Waals surface area contributed by atoms with E-state index in [1.54, 1.807) is 0 Å². The number of pyridine rings is 2. The molecule has 0 radical (unpaired) electrons. The summed E-state index contributed by atoms with van der Waals surface area (Å²) in [5.41, 5.74) is 4.61. The summed E-state index contributed by atoms with van der Waals surface area (Å²) in [7, 11) is 2.00. The average molecular weight is 277 g/mol. The fraction of sp³-hybridized carbons (Fsp3) is 0.222. The molecule has 1 aromatic carbocycles. The predicted molar refractivity (Wildman–Crippen MR) is 86.4 cm³/mol. The van der Waals surface area contributed by atoms with E-state index in [1.807, 2.05) is 33.3 Å². The first kappa shape index (κ1) is 13.7. The zero-order valence-electron chi connectivity index (χ0n) is 12.6. The fourth-order valence-electron chi connectivity index (χ4n) is 2.93. The Morgan fingerprint density at radius 1 is 1.05 bits per heavy atom. The molecule has 3 nitrogen and oxygen atoms in total. The van der Waals surface area contributed by atoms with Crippen molar-refractivity contribution in [1.82, 2.24) is 15.3 Å². The summed E-state index contributed by atoms with van der Waals surface area (Å²) in [6.45, 7) is 4.08. The standard InChI is InChI=1S/C18H19N3/c1-12-9-15(10-13(2)21-12)18(19-3)17-6-4-5-14-11-20-8-7-16(14)17/h4-11,18-19H,1-3H3. The molecule has 0 aliphatic heterocycles. The molecule has 0 saturated carbocycles. The van der Waals surface area contributed by atoms with Crippen molar-refractivity contribution in [1.29, 1.82) is 0 Å². The van der Waals surface area contributed by atoms with Crippen LogP contribution in [0.4, 0.5) is 0 Å². The van der Waals surface area contributed by atoms with Gasteiger partial charge in [0, 0.05) is 29.2 Å². The molecule has 1 atom stereocenters. The van der Waals surface area contributed by atoms with Crippen molar-refractivity contribution < 1.29 is 0 Å². The normalized spacial score (nSPS) is 12.5. The Hall–Kier alpha value is -2.26. The van der Waals surface area contributed by atoms with Crippen molar-refractivity contribution >= 4 is 10.8 Å². The summed E-state index contributed by atoms with van der Waals surface area (Å²) < 4.78 is 0. The summed E-state index contributed by atoms with van der Waals surface area (Å²) >= 11 is 0. The first-order valence-corrected chi connectivity index (χ1v) is 7.14. The van der Waals surface area contributed by atoms with Crippen LogP contribution in [0.1, 0.15) is 28.6 Å². The third-order valence-electron chi connectivity index (χ3n) is 3.75. The lowest BCUT2D eigenvalue weighted by molar-refractivity contribution is 0.693. The van der Waals surface area contributed by atoms with Gasteiger partial charge >= 0.3 is 0 Å². The first-order chi connectivity index (χ1) is 10.2. The van der Waals surface area contributed by atoms with Crippen LogP contribution in [0.2, 0.25) is 0 Å². The fourth-order valence-corrected chi connectivity index (χ4v) is 2.93. The monoisotopic (exact) mass is 277 g/mol. The molecule has 3 heteroatoms. The predicted octanol–water partition coefficient (Wildman–Crippen LogP) is 3.56. The number of rotatable bonds is 3. The molecule has 0 fully saturated rings. The molecule has 0 amide bonds. The molecule has 0 aliphatic carbocycles. The second kappa shape index (κ2) is 5.62. The maximum atomic E-state index is 4.47. The molecule has 21 heavy (non-hydrogen) atoms. The molecule has 0 aliphatic rings. The van der Waals surface area contributed by atoms with E-state index < -0.39 is 0 Å². The molecule has 2 aromatic heterocycles. The van der Waals surface area contributed by atoms with Crippen LogP contribution in [0.25, 0.3) is 10.8 Å². The van der Waals surface area contributed by atoms with Gasteiger partial charge in [-0.15, -0.1) is 0 Å². The second-order valence-electron chi connectivity index (χ2n) is 5.35. The maximum absolute atomic E-state index is 4.47. The molecule has 1 N–H and O–H groups in total. The van der Waals surface area contributed by atoms with Crippen LogP contribution in [-0.4, -0.2) is 17.0 Å². The zero-order valence-corrected chi connectivity index (χ0v) is 12.6. The molecule has 0 saturated heterocycles. The van der Waals surface area contributed by atoms with Gasteiger partial charge in [-0.25, -0.2) is 0 Å². The quantitative estimate of drug-likeness (QED) is 0.795. The minimum Gasteiger partial charge on any atom is -0.309 e. The van der Waals surface area contributed by atoms with E-state index in [0.717, 1.165) is 16.8 Å². The third kappa shape index (κ3) is 2.65. The lowest BCUT2D eigenvalue weighted by Crippen LogP contribution is -2.18. The van der Waals surface area contributed by atoms with E-state index >= 15 is 0 Å². The number of benzene rings is 1. The van der Waals surface area contributed by atoms with Crippen molar-refractivity contribution in [2.45, 2.75) is 19.9 Å². The number of hydrogen-bond acceptors (Lipinski definition) is 3. The highest BCUT2D eigenvalue weighted by Gasteiger charge is 2.15. The van der Waals surface area contributed by atoms with Crippen LogP contribution in [0.3, 0.4) is 0 Å². The van der Waals surface area contributed by atoms with Gasteiger partial charge in [0.1, 0.15) is 0 Å². The Labute approximate surface area is 125 Å². The molecular formula is C18H19N3. The van der Waals surface area contributed by atoms with Gasteiger partial charge in [0.25, 0.3) is 0 Å². The van der Waals surface area contributed by atoms with Crippen molar-refractivity contribution in [3.8, 4) is 0 Å². The Morgan fingerprint density at radius 2 is 1.81 bits per heavy atom. The Bertz CT molecular complexity index is 755. The summed E-state index contributed by atoms with van der Waals surface area (Å²) in [5.74, 6) is 0. The van der Waals surface area contributed by atoms with Crippen LogP contribution < -0.4 is 5.32 Å². The lowest BCUT2D eigenvalue weighted by Gasteiger charge is -2.20. The number of fused-ring (bicyclic) bond motifs is 1. The van der Waals surface area contributed by atoms with Gasteiger partial charge in [-0.05, 0) is 55.6 Å². The van der Waals surface area contributed by atoms with Gasteiger partial charge < -0.3 is 5.32 Å². The van der Waals surface area contributed by atoms with Gasteiger partial charge in [0.15, 0.2) is 0 Å². The minimum absolute atomic E-state index is 0.150. The zero-order chi connectivity index (χ0) is 14.8. The molecule has 0 bridgehead atoms. The van der Waals surface area contributed by atoms with Crippen molar-refractivity contribution in [2.75, 3.05) is 7.05 Å². The Kier molecular flexibility index (Phi) is 3.67. The van der Waals surface area contributed by atoms with E-state index in [2.05, 4.69) is 51.7 Å². The van der Waals surface area contributed by atoms with E-state index in [-0.39, 0.29) is 6.04 Å². The van der Waals surface area contributed by atoms with E-state index in [1.165, 1.54) is 16.5 Å². The van der Waals surface area contributed by atoms with E-state index in [9.17, 15) is 0 Å². The number of nitrogens with one attached hydrogen (secondary N) is 1. The lowest BCUT2D eigenvalue weighted by atomic mass is 9.94. The number of hydrogen-bond donors (Lipinski definition) is 1. The largest absolute Gasteiger partial charge is 0.309 e. The van der Waals surface area contributed by atoms with Crippen LogP contribution >= 0.6 is 0 Å². The SMILES string of the molecule is CNC(c1cc(C)nc(C)c1)c1cccc2cnccc12. The molecular weight excluding hydrogens is 258 g/mol. The molecule has 3 aromatic rings. The molecule has 106 valence electrons. The van der Waals surface area contributed by atoms with Crippen molar-refractivity contribution in [3.63, 3.8) is 0 Å². The number of aromatic nitrogens is 2. The highest BCUT2D eigenvalue weighted by Crippen LogP contribution is 2.28. The smallest absolute Gasteiger partial charge is 0.0581 e. The van der Waals surface area contributed by atoms with Crippen LogP contribution in [0.15, 0.2) is 48.8 Å².